The van der Waals surface area contributed by atoms with Crippen LogP contribution in [0.15, 0.2) is 0 Å². The third-order valence-corrected chi connectivity index (χ3v) is 4.29. The molecule has 0 fully saturated rings. The van der Waals surface area contributed by atoms with Gasteiger partial charge in [-0.2, -0.15) is 4.21 Å². The molecule has 6 heteroatoms. The molecule has 50 valence electrons. The summed E-state index contributed by atoms with van der Waals surface area (Å²) in [5, 5.41) is 0. The first-order chi connectivity index (χ1) is 3.68. The minimum absolute atomic E-state index is 0.639. The van der Waals surface area contributed by atoms with Gasteiger partial charge in [0.25, 0.3) is 9.05 Å². The first kappa shape index (κ1) is 8.51. The predicted molar refractivity (Wildman–Crippen MR) is 36.9 cm³/mol. The average molecular weight is 174 g/mol. The maximum atomic E-state index is 10.7. The highest BCUT2D eigenvalue weighted by Gasteiger charge is 1.97. The van der Waals surface area contributed by atoms with Crippen molar-refractivity contribution in [3.05, 3.63) is 0 Å². The molecule has 0 bridgehead atoms. The topological polar surface area (TPSA) is 35.5 Å². The molecule has 0 saturated heterocycles. The van der Waals surface area contributed by atoms with Crippen LogP contribution >= 0.6 is 0 Å². The molecule has 0 aromatic rings. The monoisotopic (exact) mass is 174 g/mol. The molecule has 0 unspecified atom stereocenters. The fourth-order valence-electron chi connectivity index (χ4n) is 0.124. The second-order valence-electron chi connectivity index (χ2n) is 0.810. The summed E-state index contributed by atoms with van der Waals surface area (Å²) in [5.41, 5.74) is 0. The van der Waals surface area contributed by atoms with Crippen LogP contribution in [0.2, 0.25) is 0 Å². The van der Waals surface area contributed by atoms with Gasteiger partial charge >= 0.3 is 0 Å². The summed E-state index contributed by atoms with van der Waals surface area (Å²) in [6, 6.07) is 0. The molecule has 3 nitrogen and oxygen atoms in total. The first-order valence-corrected chi connectivity index (χ1v) is 5.32. The summed E-state index contributed by atoms with van der Waals surface area (Å²) in [4.78, 5) is 0. The molecular weight excluding hydrogens is 168 g/mol. The van der Waals surface area contributed by atoms with Gasteiger partial charge in [0.1, 0.15) is 0 Å². The Hall–Kier alpha value is 0.510. The lowest BCUT2D eigenvalue weighted by molar-refractivity contribution is 0.331. The smallest absolute Gasteiger partial charge is 0.268 e. The molecule has 0 spiro atoms. The van der Waals surface area contributed by atoms with E-state index in [1.165, 1.54) is 14.2 Å². The van der Waals surface area contributed by atoms with Gasteiger partial charge in [0, 0.05) is 20.1 Å². The third-order valence-electron chi connectivity index (χ3n) is 0.492. The highest BCUT2D eigenvalue weighted by Crippen LogP contribution is 1.89. The molecule has 0 aromatic heterocycles. The zero-order valence-electron chi connectivity index (χ0n) is 4.45. The van der Waals surface area contributed by atoms with Crippen molar-refractivity contribution in [3.63, 3.8) is 0 Å². The van der Waals surface area contributed by atoms with Gasteiger partial charge in [-0.05, 0) is 0 Å². The quantitative estimate of drug-likeness (QED) is 0.583. The summed E-state index contributed by atoms with van der Waals surface area (Å²) in [6.07, 6.45) is 0. The largest absolute Gasteiger partial charge is 0.273 e. The standard InChI is InChI=1S/C2H6O3S3/c1-4-8(3,5-2)7-6/h1-2H3. The van der Waals surface area contributed by atoms with Crippen LogP contribution in [0.5, 0.6) is 0 Å². The summed E-state index contributed by atoms with van der Waals surface area (Å²) < 4.78 is 19.5. The van der Waals surface area contributed by atoms with E-state index in [9.17, 15) is 4.21 Å². The van der Waals surface area contributed by atoms with Crippen molar-refractivity contribution in [1.29, 1.82) is 0 Å². The van der Waals surface area contributed by atoms with Crippen LogP contribution in [0.1, 0.15) is 0 Å². The Kier molecular flexibility index (Phi) is 3.74. The molecule has 0 aromatic carbocycles. The minimum Gasteiger partial charge on any atom is -0.273 e. The molecule has 0 N–H and O–H groups in total. The lowest BCUT2D eigenvalue weighted by Crippen LogP contribution is -2.01. The highest BCUT2D eigenvalue weighted by atomic mass is 33.1. The summed E-state index contributed by atoms with van der Waals surface area (Å²) in [5.74, 6) is 0. The number of hydrogen-bond acceptors (Lipinski definition) is 4. The van der Waals surface area contributed by atoms with E-state index in [1.54, 1.807) is 0 Å². The molecule has 0 rings (SSSR count). The van der Waals surface area contributed by atoms with Crippen LogP contribution in [-0.2, 0) is 37.5 Å². The van der Waals surface area contributed by atoms with Crippen LogP contribution in [-0.4, -0.2) is 18.4 Å². The van der Waals surface area contributed by atoms with Crippen molar-refractivity contribution < 1.29 is 12.6 Å². The molecule has 0 radical (unpaired) electrons. The van der Waals surface area contributed by atoms with E-state index in [0.717, 1.165) is 0 Å². The average Bonchev–Trinajstić information content (AvgIpc) is 1.87. The predicted octanol–water partition coefficient (Wildman–Crippen LogP) is -0.147. The van der Waals surface area contributed by atoms with Crippen molar-refractivity contribution in [2.24, 2.45) is 0 Å². The van der Waals surface area contributed by atoms with Gasteiger partial charge in [0.2, 0.25) is 0 Å². The van der Waals surface area contributed by atoms with E-state index in [4.69, 9.17) is 0 Å². The molecule has 0 amide bonds. The second kappa shape index (κ2) is 3.52. The van der Waals surface area contributed by atoms with Gasteiger partial charge in [0.05, 0.1) is 14.2 Å². The lowest BCUT2D eigenvalue weighted by Gasteiger charge is -1.97. The first-order valence-electron chi connectivity index (χ1n) is 1.65. The lowest BCUT2D eigenvalue weighted by atomic mass is 11.8. The highest BCUT2D eigenvalue weighted by molar-refractivity contribution is 8.47. The molecule has 0 aliphatic rings. The Bertz CT molecular complexity index is 175. The van der Waals surface area contributed by atoms with E-state index >= 15 is 0 Å². The normalized spacial score (nSPS) is 11.2. The van der Waals surface area contributed by atoms with Gasteiger partial charge in [-0.15, -0.1) is 0 Å². The van der Waals surface area contributed by atoms with Crippen molar-refractivity contribution in [3.8, 4) is 0 Å². The molecule has 0 saturated carbocycles. The summed E-state index contributed by atoms with van der Waals surface area (Å²) >= 11 is 4.38. The Morgan fingerprint density at radius 3 is 1.88 bits per heavy atom. The molecule has 0 aliphatic heterocycles. The summed E-state index contributed by atoms with van der Waals surface area (Å²) in [6.45, 7) is 0. The van der Waals surface area contributed by atoms with Crippen molar-refractivity contribution in [2.45, 2.75) is 0 Å². The van der Waals surface area contributed by atoms with E-state index in [-0.39, 0.29) is 0 Å². The van der Waals surface area contributed by atoms with Crippen LogP contribution in [0.3, 0.4) is 0 Å². The summed E-state index contributed by atoms with van der Waals surface area (Å²) in [7, 11) is 0.533. The molecular formula is C2H6O3S3. The fourth-order valence-corrected chi connectivity index (χ4v) is 1.70. The van der Waals surface area contributed by atoms with Crippen LogP contribution in [0, 0.1) is 0 Å². The van der Waals surface area contributed by atoms with Gasteiger partial charge in [-0.3, -0.25) is 8.37 Å². The van der Waals surface area contributed by atoms with E-state index < -0.39 is 9.05 Å². The number of hydrogen-bond donors (Lipinski definition) is 0. The zero-order valence-corrected chi connectivity index (χ0v) is 6.90. The molecule has 8 heavy (non-hydrogen) atoms. The van der Waals surface area contributed by atoms with Crippen LogP contribution in [0.25, 0.3) is 0 Å². The Morgan fingerprint density at radius 2 is 1.88 bits per heavy atom. The SMILES string of the molecule is COS(=O)(OC)=S=S. The van der Waals surface area contributed by atoms with E-state index in [2.05, 4.69) is 19.6 Å². The molecule has 0 heterocycles. The van der Waals surface area contributed by atoms with Gasteiger partial charge in [0.15, 0.2) is 0 Å². The maximum Gasteiger partial charge on any atom is 0.268 e. The van der Waals surface area contributed by atoms with Crippen molar-refractivity contribution in [1.82, 2.24) is 0 Å². The fraction of sp³-hybridized carbons (Fsp3) is 1.00. The third kappa shape index (κ3) is 2.19. The van der Waals surface area contributed by atoms with Crippen LogP contribution < -0.4 is 0 Å². The van der Waals surface area contributed by atoms with Crippen LogP contribution in [0.4, 0.5) is 0 Å². The minimum atomic E-state index is -2.67. The Morgan fingerprint density at radius 1 is 1.50 bits per heavy atom. The van der Waals surface area contributed by atoms with Gasteiger partial charge in [-0.1, -0.05) is 0 Å². The van der Waals surface area contributed by atoms with E-state index in [0.29, 0.717) is 8.88 Å². The Balaban J connectivity index is 4.52. The van der Waals surface area contributed by atoms with Crippen molar-refractivity contribution in [2.75, 3.05) is 14.2 Å². The van der Waals surface area contributed by atoms with Crippen molar-refractivity contribution >= 4 is 29.1 Å². The zero-order chi connectivity index (χ0) is 6.62. The van der Waals surface area contributed by atoms with E-state index in [1.807, 2.05) is 0 Å². The second-order valence-corrected chi connectivity index (χ2v) is 5.29. The number of rotatable bonds is 2. The van der Waals surface area contributed by atoms with Gasteiger partial charge in [-0.25, -0.2) is 0 Å². The van der Waals surface area contributed by atoms with Gasteiger partial charge < -0.3 is 0 Å². The molecule has 0 aliphatic carbocycles. The molecule has 0 atom stereocenters. The Labute approximate surface area is 56.3 Å². The maximum absolute atomic E-state index is 10.7.